The van der Waals surface area contributed by atoms with Crippen LogP contribution in [0.5, 0.6) is 0 Å². The van der Waals surface area contributed by atoms with Crippen molar-refractivity contribution in [1.29, 1.82) is 0 Å². The number of unbranched alkanes of at least 4 members (excludes halogenated alkanes) is 2. The molecule has 0 aromatic carbocycles. The highest BCUT2D eigenvalue weighted by molar-refractivity contribution is 14.1. The van der Waals surface area contributed by atoms with Crippen LogP contribution in [0.4, 0.5) is 0 Å². The molecular weight excluding hydrogens is 363 g/mol. The fourth-order valence-corrected chi connectivity index (χ4v) is 3.58. The molecule has 0 aromatic heterocycles. The largest absolute Gasteiger partial charge is 0.359 e. The number of ether oxygens (including phenoxy) is 2. The van der Waals surface area contributed by atoms with Gasteiger partial charge in [-0.3, -0.25) is 0 Å². The van der Waals surface area contributed by atoms with Gasteiger partial charge >= 0.3 is 0 Å². The summed E-state index contributed by atoms with van der Waals surface area (Å²) in [6.45, 7) is 2.69. The van der Waals surface area contributed by atoms with Gasteiger partial charge in [-0.05, 0) is 64.2 Å². The fourth-order valence-electron chi connectivity index (χ4n) is 2.95. The molecule has 0 radical (unpaired) electrons. The Morgan fingerprint density at radius 2 is 2.00 bits per heavy atom. The number of allylic oxidation sites excluding steroid dienone is 1. The lowest BCUT2D eigenvalue weighted by Gasteiger charge is -2.29. The Kier molecular flexibility index (Phi) is 11.1. The summed E-state index contributed by atoms with van der Waals surface area (Å²) in [6.07, 6.45) is 15.8. The first kappa shape index (κ1) is 18.4. The van der Waals surface area contributed by atoms with Crippen LogP contribution in [0, 0.1) is 5.92 Å². The molecule has 1 aliphatic carbocycles. The summed E-state index contributed by atoms with van der Waals surface area (Å²) in [5.41, 5.74) is 0. The van der Waals surface area contributed by atoms with Crippen LogP contribution in [-0.2, 0) is 9.47 Å². The van der Waals surface area contributed by atoms with E-state index < -0.39 is 0 Å². The Balaban J connectivity index is 2.39. The molecule has 0 heterocycles. The maximum absolute atomic E-state index is 5.94. The molecule has 0 aliphatic heterocycles. The van der Waals surface area contributed by atoms with E-state index >= 15 is 0 Å². The van der Waals surface area contributed by atoms with E-state index in [1.807, 2.05) is 0 Å². The SMILES string of the molecule is CCCCC/C(I)=C/CC(OCOC)C1CCCCC1. The highest BCUT2D eigenvalue weighted by Crippen LogP contribution is 2.30. The van der Waals surface area contributed by atoms with Gasteiger partial charge in [-0.1, -0.05) is 45.1 Å². The number of halogens is 1. The Hall–Kier alpha value is 0.390. The van der Waals surface area contributed by atoms with E-state index in [0.717, 1.165) is 12.3 Å². The van der Waals surface area contributed by atoms with Crippen LogP contribution in [0.15, 0.2) is 9.66 Å². The van der Waals surface area contributed by atoms with Crippen molar-refractivity contribution in [3.8, 4) is 0 Å². The smallest absolute Gasteiger partial charge is 0.146 e. The maximum Gasteiger partial charge on any atom is 0.146 e. The Morgan fingerprint density at radius 3 is 2.65 bits per heavy atom. The number of hydrogen-bond donors (Lipinski definition) is 0. The standard InChI is InChI=1S/C17H31IO2/c1-3-4-6-11-16(18)12-13-17(20-14-19-2)15-9-7-5-8-10-15/h12,15,17H,3-11,13-14H2,1-2H3/b16-12-. The van der Waals surface area contributed by atoms with Gasteiger partial charge in [0.1, 0.15) is 6.79 Å². The first-order valence-electron chi connectivity index (χ1n) is 8.23. The normalized spacial score (nSPS) is 19.2. The summed E-state index contributed by atoms with van der Waals surface area (Å²) < 4.78 is 12.5. The highest BCUT2D eigenvalue weighted by atomic mass is 127. The quantitative estimate of drug-likeness (QED) is 0.263. The molecule has 0 N–H and O–H groups in total. The molecule has 1 rings (SSSR count). The molecule has 0 spiro atoms. The lowest BCUT2D eigenvalue weighted by Crippen LogP contribution is -2.26. The van der Waals surface area contributed by atoms with Gasteiger partial charge in [0.15, 0.2) is 0 Å². The average molecular weight is 394 g/mol. The van der Waals surface area contributed by atoms with Crippen molar-refractivity contribution in [3.05, 3.63) is 9.66 Å². The summed E-state index contributed by atoms with van der Waals surface area (Å²) in [7, 11) is 1.71. The predicted molar refractivity (Wildman–Crippen MR) is 94.2 cm³/mol. The molecule has 1 aliphatic rings. The molecule has 0 amide bonds. The number of hydrogen-bond acceptors (Lipinski definition) is 2. The molecule has 1 unspecified atom stereocenters. The molecule has 2 nitrogen and oxygen atoms in total. The summed E-state index contributed by atoms with van der Waals surface area (Å²) >= 11 is 2.50. The van der Waals surface area contributed by atoms with Gasteiger partial charge < -0.3 is 9.47 Å². The number of rotatable bonds is 10. The molecule has 1 fully saturated rings. The molecule has 0 saturated heterocycles. The monoisotopic (exact) mass is 394 g/mol. The second kappa shape index (κ2) is 12.0. The summed E-state index contributed by atoms with van der Waals surface area (Å²) in [4.78, 5) is 0. The fraction of sp³-hybridized carbons (Fsp3) is 0.882. The van der Waals surface area contributed by atoms with Gasteiger partial charge in [-0.15, -0.1) is 0 Å². The minimum atomic E-state index is 0.353. The first-order valence-corrected chi connectivity index (χ1v) is 9.30. The highest BCUT2D eigenvalue weighted by Gasteiger charge is 2.23. The molecule has 3 heteroatoms. The first-order chi connectivity index (χ1) is 9.77. The Morgan fingerprint density at radius 1 is 1.25 bits per heavy atom. The van der Waals surface area contributed by atoms with Gasteiger partial charge in [-0.2, -0.15) is 0 Å². The van der Waals surface area contributed by atoms with Gasteiger partial charge in [-0.25, -0.2) is 0 Å². The topological polar surface area (TPSA) is 18.5 Å². The van der Waals surface area contributed by atoms with Crippen LogP contribution in [0.25, 0.3) is 0 Å². The van der Waals surface area contributed by atoms with Gasteiger partial charge in [0, 0.05) is 7.11 Å². The van der Waals surface area contributed by atoms with Crippen LogP contribution in [0.2, 0.25) is 0 Å². The maximum atomic E-state index is 5.94. The molecular formula is C17H31IO2. The zero-order valence-electron chi connectivity index (χ0n) is 13.2. The summed E-state index contributed by atoms with van der Waals surface area (Å²) in [5.74, 6) is 0.731. The van der Waals surface area contributed by atoms with E-state index in [4.69, 9.17) is 9.47 Å². The third-order valence-electron chi connectivity index (χ3n) is 4.17. The lowest BCUT2D eigenvalue weighted by molar-refractivity contribution is -0.0944. The van der Waals surface area contributed by atoms with Gasteiger partial charge in [0.05, 0.1) is 6.10 Å². The van der Waals surface area contributed by atoms with Crippen molar-refractivity contribution < 1.29 is 9.47 Å². The zero-order chi connectivity index (χ0) is 14.6. The molecule has 20 heavy (non-hydrogen) atoms. The van der Waals surface area contributed by atoms with E-state index in [1.54, 1.807) is 7.11 Å². The van der Waals surface area contributed by atoms with E-state index in [1.165, 1.54) is 61.4 Å². The van der Waals surface area contributed by atoms with Crippen molar-refractivity contribution in [2.75, 3.05) is 13.9 Å². The van der Waals surface area contributed by atoms with Crippen LogP contribution in [0.1, 0.15) is 71.1 Å². The predicted octanol–water partition coefficient (Wildman–Crippen LogP) is 5.85. The minimum absolute atomic E-state index is 0.353. The van der Waals surface area contributed by atoms with Crippen LogP contribution in [0.3, 0.4) is 0 Å². The van der Waals surface area contributed by atoms with E-state index in [9.17, 15) is 0 Å². The van der Waals surface area contributed by atoms with Crippen LogP contribution < -0.4 is 0 Å². The minimum Gasteiger partial charge on any atom is -0.359 e. The van der Waals surface area contributed by atoms with Crippen LogP contribution >= 0.6 is 22.6 Å². The van der Waals surface area contributed by atoms with E-state index in [0.29, 0.717) is 12.9 Å². The van der Waals surface area contributed by atoms with Crippen LogP contribution in [-0.4, -0.2) is 20.0 Å². The summed E-state index contributed by atoms with van der Waals surface area (Å²) in [6, 6.07) is 0. The van der Waals surface area contributed by atoms with Crippen molar-refractivity contribution in [1.82, 2.24) is 0 Å². The van der Waals surface area contributed by atoms with E-state index in [2.05, 4.69) is 35.6 Å². The Bertz CT molecular complexity index is 260. The molecule has 1 saturated carbocycles. The molecule has 0 aromatic rings. The van der Waals surface area contributed by atoms with Crippen molar-refractivity contribution >= 4 is 22.6 Å². The average Bonchev–Trinajstić information content (AvgIpc) is 2.48. The third-order valence-corrected chi connectivity index (χ3v) is 5.15. The molecule has 0 bridgehead atoms. The second-order valence-corrected chi connectivity index (χ2v) is 7.24. The van der Waals surface area contributed by atoms with Gasteiger partial charge in [0.25, 0.3) is 0 Å². The van der Waals surface area contributed by atoms with Gasteiger partial charge in [0.2, 0.25) is 0 Å². The van der Waals surface area contributed by atoms with Crippen molar-refractivity contribution in [2.45, 2.75) is 77.2 Å². The second-order valence-electron chi connectivity index (χ2n) is 5.85. The Labute approximate surface area is 138 Å². The lowest BCUT2D eigenvalue weighted by atomic mass is 9.84. The summed E-state index contributed by atoms with van der Waals surface area (Å²) in [5, 5.41) is 0. The van der Waals surface area contributed by atoms with E-state index in [-0.39, 0.29) is 0 Å². The molecule has 118 valence electrons. The van der Waals surface area contributed by atoms with Crippen molar-refractivity contribution in [2.24, 2.45) is 5.92 Å². The zero-order valence-corrected chi connectivity index (χ0v) is 15.4. The number of methoxy groups -OCH3 is 1. The van der Waals surface area contributed by atoms with Crippen molar-refractivity contribution in [3.63, 3.8) is 0 Å². The molecule has 1 atom stereocenters. The third kappa shape index (κ3) is 7.99.